The number of rotatable bonds is 5. The van der Waals surface area contributed by atoms with E-state index in [1.165, 1.54) is 7.11 Å². The Bertz CT molecular complexity index is 1800. The van der Waals surface area contributed by atoms with Gasteiger partial charge in [0.2, 0.25) is 0 Å². The third-order valence-corrected chi connectivity index (χ3v) is 12.6. The van der Waals surface area contributed by atoms with Gasteiger partial charge in [0.1, 0.15) is 18.8 Å². The molecule has 3 heterocycles. The average Bonchev–Trinajstić information content (AvgIpc) is 3.43. The quantitative estimate of drug-likeness (QED) is 0.273. The first-order valence-corrected chi connectivity index (χ1v) is 16.4. The summed E-state index contributed by atoms with van der Waals surface area (Å²) in [6, 6.07) is 12.2. The highest BCUT2D eigenvalue weighted by molar-refractivity contribution is 8.26. The Hall–Kier alpha value is -3.65. The van der Waals surface area contributed by atoms with Gasteiger partial charge in [0.05, 0.1) is 45.2 Å². The molecule has 240 valence electrons. The first kappa shape index (κ1) is 33.7. The van der Waals surface area contributed by atoms with Crippen molar-refractivity contribution >= 4 is 87.9 Å². The molecule has 0 atom stereocenters. The van der Waals surface area contributed by atoms with Crippen molar-refractivity contribution in [3.63, 3.8) is 0 Å². The number of anilines is 1. The van der Waals surface area contributed by atoms with Crippen molar-refractivity contribution in [1.82, 2.24) is 0 Å². The molecule has 0 saturated carbocycles. The zero-order chi connectivity index (χ0) is 33.7. The minimum absolute atomic E-state index is 0.134. The fourth-order valence-electron chi connectivity index (χ4n) is 5.59. The van der Waals surface area contributed by atoms with E-state index >= 15 is 0 Å². The second-order valence-electron chi connectivity index (χ2n) is 10.6. The Morgan fingerprint density at radius 3 is 1.85 bits per heavy atom. The van der Waals surface area contributed by atoms with Gasteiger partial charge in [-0.25, -0.2) is 19.2 Å². The summed E-state index contributed by atoms with van der Waals surface area (Å²) in [5.41, 5.74) is 1.22. The lowest BCUT2D eigenvalue weighted by Crippen LogP contribution is -2.54. The van der Waals surface area contributed by atoms with Crippen molar-refractivity contribution in [1.29, 1.82) is 0 Å². The molecule has 0 fully saturated rings. The van der Waals surface area contributed by atoms with E-state index < -0.39 is 33.5 Å². The molecule has 0 aliphatic carbocycles. The van der Waals surface area contributed by atoms with Crippen molar-refractivity contribution in [2.24, 2.45) is 0 Å². The lowest BCUT2D eigenvalue weighted by molar-refractivity contribution is -0.138. The Morgan fingerprint density at radius 2 is 1.30 bits per heavy atom. The van der Waals surface area contributed by atoms with Crippen LogP contribution in [0.2, 0.25) is 5.02 Å². The maximum absolute atomic E-state index is 14.5. The number of ether oxygens (including phenoxy) is 4. The van der Waals surface area contributed by atoms with Crippen LogP contribution in [-0.4, -0.2) is 67.8 Å². The number of carbonyl (C=O) groups is 5. The minimum Gasteiger partial charge on any atom is -0.466 e. The van der Waals surface area contributed by atoms with E-state index in [-0.39, 0.29) is 26.2 Å². The van der Waals surface area contributed by atoms with E-state index in [0.29, 0.717) is 32.3 Å². The SMILES string of the molecule is COC(=O)C1=C(C(=O)OC)SC2(S1)C(C(=O)OC)=C(C(=O)OC)SC1=C2c2cc(Cl)ccc2N(C(=O)c2ccccc2C)C1(C)C. The van der Waals surface area contributed by atoms with Crippen molar-refractivity contribution in [2.75, 3.05) is 33.3 Å². The first-order valence-electron chi connectivity index (χ1n) is 13.6. The Morgan fingerprint density at radius 1 is 0.761 bits per heavy atom. The van der Waals surface area contributed by atoms with Gasteiger partial charge in [-0.1, -0.05) is 65.1 Å². The van der Waals surface area contributed by atoms with Crippen LogP contribution in [0.5, 0.6) is 0 Å². The fourth-order valence-corrected chi connectivity index (χ4v) is 10.8. The molecule has 2 aromatic rings. The normalized spacial score (nSPS) is 17.8. The molecule has 0 bridgehead atoms. The third-order valence-electron chi connectivity index (χ3n) is 7.68. The molecule has 14 heteroatoms. The number of thioether (sulfide) groups is 3. The fraction of sp³-hybridized carbons (Fsp3) is 0.281. The molecule has 5 rings (SSSR count). The average molecular weight is 702 g/mol. The molecule has 0 aromatic heterocycles. The first-order chi connectivity index (χ1) is 21.8. The maximum Gasteiger partial charge on any atom is 0.345 e. The van der Waals surface area contributed by atoms with Crippen molar-refractivity contribution in [3.8, 4) is 0 Å². The standard InChI is InChI=1S/C32H28ClNO9S3/c1-15-10-8-9-11-17(15)26(35)34-19-13-12-16(33)14-18(19)20-25(31(34,2)3)44-22(28(37)41-5)21(27(36)40-4)32(20)45-23(29(38)42-6)24(46-32)30(39)43-7/h8-14H,1-7H3. The molecular weight excluding hydrogens is 674 g/mol. The van der Waals surface area contributed by atoms with Gasteiger partial charge in [0.15, 0.2) is 0 Å². The summed E-state index contributed by atoms with van der Waals surface area (Å²) >= 11 is 9.25. The van der Waals surface area contributed by atoms with Gasteiger partial charge in [-0.2, -0.15) is 0 Å². The lowest BCUT2D eigenvalue weighted by Gasteiger charge is -2.50. The van der Waals surface area contributed by atoms with E-state index in [4.69, 9.17) is 30.5 Å². The molecule has 3 aliphatic heterocycles. The monoisotopic (exact) mass is 701 g/mol. The van der Waals surface area contributed by atoms with Crippen LogP contribution < -0.4 is 4.90 Å². The van der Waals surface area contributed by atoms with Gasteiger partial charge < -0.3 is 18.9 Å². The summed E-state index contributed by atoms with van der Waals surface area (Å²) in [5, 5.41) is 0.318. The van der Waals surface area contributed by atoms with Gasteiger partial charge in [-0.3, -0.25) is 9.69 Å². The Kier molecular flexibility index (Phi) is 9.17. The largest absolute Gasteiger partial charge is 0.466 e. The molecule has 1 amide bonds. The molecule has 2 aromatic carbocycles. The van der Waals surface area contributed by atoms with Gasteiger partial charge in [-0.15, -0.1) is 0 Å². The van der Waals surface area contributed by atoms with Gasteiger partial charge in [-0.05, 0) is 50.6 Å². The second-order valence-corrected chi connectivity index (χ2v) is 14.8. The lowest BCUT2D eigenvalue weighted by atomic mass is 9.83. The molecule has 0 unspecified atom stereocenters. The molecule has 0 radical (unpaired) electrons. The van der Waals surface area contributed by atoms with Crippen LogP contribution in [-0.2, 0) is 38.1 Å². The summed E-state index contributed by atoms with van der Waals surface area (Å²) < 4.78 is 18.7. The van der Waals surface area contributed by atoms with Crippen LogP contribution in [0, 0.1) is 6.92 Å². The molecule has 10 nitrogen and oxygen atoms in total. The molecule has 1 spiro atoms. The number of halogens is 1. The number of esters is 4. The van der Waals surface area contributed by atoms with Crippen molar-refractivity contribution in [3.05, 3.63) is 89.4 Å². The van der Waals surface area contributed by atoms with Crippen molar-refractivity contribution in [2.45, 2.75) is 30.4 Å². The van der Waals surface area contributed by atoms with Gasteiger partial charge in [0, 0.05) is 26.6 Å². The zero-order valence-electron chi connectivity index (χ0n) is 25.8. The number of aryl methyl sites for hydroxylation is 1. The molecule has 46 heavy (non-hydrogen) atoms. The zero-order valence-corrected chi connectivity index (χ0v) is 29.0. The highest BCUT2D eigenvalue weighted by Crippen LogP contribution is 2.71. The van der Waals surface area contributed by atoms with Gasteiger partial charge in [0.25, 0.3) is 5.91 Å². The smallest absolute Gasteiger partial charge is 0.345 e. The van der Waals surface area contributed by atoms with E-state index in [2.05, 4.69) is 0 Å². The Labute approximate surface area is 282 Å². The molecule has 3 aliphatic rings. The summed E-state index contributed by atoms with van der Waals surface area (Å²) in [7, 11) is 4.65. The number of benzene rings is 2. The number of methoxy groups -OCH3 is 4. The topological polar surface area (TPSA) is 126 Å². The number of carbonyl (C=O) groups excluding carboxylic acids is 5. The van der Waals surface area contributed by atoms with Gasteiger partial charge >= 0.3 is 23.9 Å². The number of fused-ring (bicyclic) bond motifs is 3. The number of nitrogens with zero attached hydrogens (tertiary/aromatic N) is 1. The summed E-state index contributed by atoms with van der Waals surface area (Å²) in [6.45, 7) is 5.47. The molecule has 0 saturated heterocycles. The van der Waals surface area contributed by atoms with Crippen LogP contribution >= 0.6 is 46.9 Å². The van der Waals surface area contributed by atoms with Crippen LogP contribution in [0.15, 0.2) is 67.7 Å². The minimum atomic E-state index is -1.70. The highest BCUT2D eigenvalue weighted by Gasteiger charge is 2.62. The van der Waals surface area contributed by atoms with Crippen LogP contribution in [0.1, 0.15) is 35.3 Å². The van der Waals surface area contributed by atoms with Crippen LogP contribution in [0.25, 0.3) is 5.57 Å². The number of hydrogen-bond acceptors (Lipinski definition) is 12. The predicted octanol–water partition coefficient (Wildman–Crippen LogP) is 5.88. The number of amides is 1. The van der Waals surface area contributed by atoms with Crippen LogP contribution in [0.4, 0.5) is 5.69 Å². The maximum atomic E-state index is 14.5. The van der Waals surface area contributed by atoms with Crippen LogP contribution in [0.3, 0.4) is 0 Å². The van der Waals surface area contributed by atoms with E-state index in [0.717, 1.165) is 62.2 Å². The molecule has 0 N–H and O–H groups in total. The summed E-state index contributed by atoms with van der Waals surface area (Å²) in [5.74, 6) is -3.76. The summed E-state index contributed by atoms with van der Waals surface area (Å²) in [4.78, 5) is 69.8. The van der Waals surface area contributed by atoms with E-state index in [1.54, 1.807) is 35.2 Å². The van der Waals surface area contributed by atoms with Crippen molar-refractivity contribution < 1.29 is 42.9 Å². The third kappa shape index (κ3) is 5.13. The second kappa shape index (κ2) is 12.5. The molecular formula is C32H28ClNO9S3. The number of hydrogen-bond donors (Lipinski definition) is 0. The summed E-state index contributed by atoms with van der Waals surface area (Å²) in [6.07, 6.45) is 0. The predicted molar refractivity (Wildman–Crippen MR) is 178 cm³/mol. The highest BCUT2D eigenvalue weighted by atomic mass is 35.5. The van der Waals surface area contributed by atoms with E-state index in [9.17, 15) is 24.0 Å². The Balaban J connectivity index is 1.90. The van der Waals surface area contributed by atoms with E-state index in [1.807, 2.05) is 32.9 Å².